The molecule has 2 saturated heterocycles. The SMILES string of the molecule is CC(C)(C)OC(=O)N1CCC(S(=O)(=O)N2CCC(c3ccncc3)CC2)C1. The van der Waals surface area contributed by atoms with Crippen LogP contribution in [-0.2, 0) is 14.8 Å². The molecule has 2 aliphatic heterocycles. The van der Waals surface area contributed by atoms with E-state index in [2.05, 4.69) is 4.98 Å². The van der Waals surface area contributed by atoms with E-state index < -0.39 is 27.0 Å². The molecule has 1 atom stereocenters. The molecule has 7 nitrogen and oxygen atoms in total. The second kappa shape index (κ2) is 7.75. The predicted molar refractivity (Wildman–Crippen MR) is 103 cm³/mol. The highest BCUT2D eigenvalue weighted by atomic mass is 32.2. The molecule has 0 bridgehead atoms. The first-order valence-corrected chi connectivity index (χ1v) is 11.0. The van der Waals surface area contributed by atoms with Crippen molar-refractivity contribution in [3.8, 4) is 0 Å². The maximum atomic E-state index is 13.0. The van der Waals surface area contributed by atoms with Crippen LogP contribution in [0.2, 0.25) is 0 Å². The quantitative estimate of drug-likeness (QED) is 0.786. The summed E-state index contributed by atoms with van der Waals surface area (Å²) in [7, 11) is -3.41. The van der Waals surface area contributed by atoms with E-state index in [1.807, 2.05) is 32.9 Å². The Bertz CT molecular complexity index is 753. The third-order valence-corrected chi connectivity index (χ3v) is 7.52. The van der Waals surface area contributed by atoms with Gasteiger partial charge in [0.05, 0.1) is 5.25 Å². The smallest absolute Gasteiger partial charge is 0.410 e. The summed E-state index contributed by atoms with van der Waals surface area (Å²) in [5.41, 5.74) is 0.641. The van der Waals surface area contributed by atoms with Crippen LogP contribution in [0, 0.1) is 0 Å². The zero-order valence-electron chi connectivity index (χ0n) is 16.3. The molecule has 0 spiro atoms. The number of carbonyl (C=O) groups excluding carboxylic acids is 1. The minimum Gasteiger partial charge on any atom is -0.444 e. The van der Waals surface area contributed by atoms with Gasteiger partial charge in [0, 0.05) is 38.6 Å². The number of aromatic nitrogens is 1. The Morgan fingerprint density at radius 1 is 1.11 bits per heavy atom. The minimum atomic E-state index is -3.41. The summed E-state index contributed by atoms with van der Waals surface area (Å²) in [6.45, 7) is 7.11. The van der Waals surface area contributed by atoms with Gasteiger partial charge >= 0.3 is 6.09 Å². The summed E-state index contributed by atoms with van der Waals surface area (Å²) < 4.78 is 33.0. The first-order chi connectivity index (χ1) is 12.7. The molecular weight excluding hydrogens is 366 g/mol. The van der Waals surface area contributed by atoms with Crippen molar-refractivity contribution in [2.75, 3.05) is 26.2 Å². The number of carbonyl (C=O) groups is 1. The molecule has 0 aliphatic carbocycles. The molecule has 150 valence electrons. The van der Waals surface area contributed by atoms with E-state index in [4.69, 9.17) is 4.74 Å². The lowest BCUT2D eigenvalue weighted by atomic mass is 9.91. The minimum absolute atomic E-state index is 0.210. The van der Waals surface area contributed by atoms with E-state index in [0.717, 1.165) is 12.8 Å². The van der Waals surface area contributed by atoms with E-state index >= 15 is 0 Å². The van der Waals surface area contributed by atoms with Crippen LogP contribution in [0.25, 0.3) is 0 Å². The molecule has 3 rings (SSSR count). The summed E-state index contributed by atoms with van der Waals surface area (Å²) >= 11 is 0. The summed E-state index contributed by atoms with van der Waals surface area (Å²) in [6, 6.07) is 4.01. The average Bonchev–Trinajstić information content (AvgIpc) is 3.12. The van der Waals surface area contributed by atoms with Crippen LogP contribution in [0.4, 0.5) is 4.79 Å². The molecule has 1 amide bonds. The van der Waals surface area contributed by atoms with Gasteiger partial charge < -0.3 is 9.64 Å². The number of piperidine rings is 1. The van der Waals surface area contributed by atoms with Gasteiger partial charge in [-0.1, -0.05) is 0 Å². The van der Waals surface area contributed by atoms with Gasteiger partial charge in [-0.05, 0) is 63.6 Å². The first-order valence-electron chi connectivity index (χ1n) is 9.53. The lowest BCUT2D eigenvalue weighted by molar-refractivity contribution is 0.0295. The fourth-order valence-corrected chi connectivity index (χ4v) is 5.67. The molecule has 1 aromatic rings. The number of likely N-dealkylation sites (tertiary alicyclic amines) is 1. The number of ether oxygens (including phenoxy) is 1. The topological polar surface area (TPSA) is 79.8 Å². The van der Waals surface area contributed by atoms with Crippen LogP contribution >= 0.6 is 0 Å². The number of nitrogens with zero attached hydrogens (tertiary/aromatic N) is 3. The van der Waals surface area contributed by atoms with E-state index in [1.165, 1.54) is 10.5 Å². The van der Waals surface area contributed by atoms with Crippen LogP contribution in [-0.4, -0.2) is 65.7 Å². The highest BCUT2D eigenvalue weighted by Gasteiger charge is 2.41. The fraction of sp³-hybridized carbons (Fsp3) is 0.684. The lowest BCUT2D eigenvalue weighted by Gasteiger charge is -2.33. The molecule has 1 unspecified atom stereocenters. The van der Waals surface area contributed by atoms with Crippen molar-refractivity contribution in [1.29, 1.82) is 0 Å². The van der Waals surface area contributed by atoms with Gasteiger partial charge in [0.2, 0.25) is 10.0 Å². The van der Waals surface area contributed by atoms with Gasteiger partial charge in [0.1, 0.15) is 5.60 Å². The van der Waals surface area contributed by atoms with E-state index in [-0.39, 0.29) is 6.54 Å². The predicted octanol–water partition coefficient (Wildman–Crippen LogP) is 2.60. The third-order valence-electron chi connectivity index (χ3n) is 5.21. The van der Waals surface area contributed by atoms with Gasteiger partial charge in [0.15, 0.2) is 0 Å². The molecule has 8 heteroatoms. The van der Waals surface area contributed by atoms with Crippen molar-refractivity contribution >= 4 is 16.1 Å². The summed E-state index contributed by atoms with van der Waals surface area (Å²) in [4.78, 5) is 17.8. The van der Waals surface area contributed by atoms with Crippen LogP contribution in [0.3, 0.4) is 0 Å². The Morgan fingerprint density at radius 3 is 2.33 bits per heavy atom. The van der Waals surface area contributed by atoms with Gasteiger partial charge in [-0.25, -0.2) is 17.5 Å². The van der Waals surface area contributed by atoms with Crippen molar-refractivity contribution in [2.45, 2.75) is 56.8 Å². The number of rotatable bonds is 3. The van der Waals surface area contributed by atoms with Crippen molar-refractivity contribution < 1.29 is 17.9 Å². The summed E-state index contributed by atoms with van der Waals surface area (Å²) in [5, 5.41) is -0.539. The van der Waals surface area contributed by atoms with Gasteiger partial charge in [-0.2, -0.15) is 0 Å². The number of hydrogen-bond acceptors (Lipinski definition) is 5. The molecule has 2 aliphatic rings. The lowest BCUT2D eigenvalue weighted by Crippen LogP contribution is -2.44. The normalized spacial score (nSPS) is 22.8. The highest BCUT2D eigenvalue weighted by molar-refractivity contribution is 7.89. The monoisotopic (exact) mass is 395 g/mol. The van der Waals surface area contributed by atoms with E-state index in [0.29, 0.717) is 32.0 Å². The van der Waals surface area contributed by atoms with Crippen LogP contribution in [0.1, 0.15) is 51.5 Å². The van der Waals surface area contributed by atoms with Crippen LogP contribution < -0.4 is 0 Å². The van der Waals surface area contributed by atoms with Gasteiger partial charge in [-0.3, -0.25) is 4.98 Å². The number of sulfonamides is 1. The van der Waals surface area contributed by atoms with Crippen molar-refractivity contribution in [1.82, 2.24) is 14.2 Å². The maximum absolute atomic E-state index is 13.0. The molecule has 27 heavy (non-hydrogen) atoms. The highest BCUT2D eigenvalue weighted by Crippen LogP contribution is 2.31. The van der Waals surface area contributed by atoms with Gasteiger partial charge in [0.25, 0.3) is 0 Å². The van der Waals surface area contributed by atoms with Crippen LogP contribution in [0.15, 0.2) is 24.5 Å². The molecule has 3 heterocycles. The van der Waals surface area contributed by atoms with Crippen molar-refractivity contribution in [3.05, 3.63) is 30.1 Å². The summed E-state index contributed by atoms with van der Waals surface area (Å²) in [6.07, 6.45) is 5.21. The molecular formula is C19H29N3O4S. The largest absolute Gasteiger partial charge is 0.444 e. The Morgan fingerprint density at radius 2 is 1.74 bits per heavy atom. The molecule has 0 saturated carbocycles. The second-order valence-corrected chi connectivity index (χ2v) is 10.5. The zero-order valence-corrected chi connectivity index (χ0v) is 17.1. The molecule has 0 aromatic carbocycles. The molecule has 0 radical (unpaired) electrons. The maximum Gasteiger partial charge on any atom is 0.410 e. The van der Waals surface area contributed by atoms with Crippen molar-refractivity contribution in [3.63, 3.8) is 0 Å². The number of pyridine rings is 1. The Kier molecular flexibility index (Phi) is 5.76. The average molecular weight is 396 g/mol. The van der Waals surface area contributed by atoms with Crippen molar-refractivity contribution in [2.24, 2.45) is 0 Å². The molecule has 1 aromatic heterocycles. The molecule has 0 N–H and O–H groups in total. The molecule has 2 fully saturated rings. The van der Waals surface area contributed by atoms with E-state index in [1.54, 1.807) is 16.7 Å². The fourth-order valence-electron chi connectivity index (χ4n) is 3.75. The number of hydrogen-bond donors (Lipinski definition) is 0. The van der Waals surface area contributed by atoms with Gasteiger partial charge in [-0.15, -0.1) is 0 Å². The Hall–Kier alpha value is -1.67. The van der Waals surface area contributed by atoms with Crippen LogP contribution in [0.5, 0.6) is 0 Å². The zero-order chi connectivity index (χ0) is 19.7. The Balaban J connectivity index is 1.57. The standard InChI is InChI=1S/C19H29N3O4S/c1-19(2,3)26-18(23)21-11-8-17(14-21)27(24,25)22-12-6-16(7-13-22)15-4-9-20-10-5-15/h4-5,9-10,16-17H,6-8,11-14H2,1-3H3. The Labute approximate surface area is 161 Å². The first kappa shape index (κ1) is 20.1. The third kappa shape index (κ3) is 4.79. The summed E-state index contributed by atoms with van der Waals surface area (Å²) in [5.74, 6) is 0.376. The number of amides is 1. The second-order valence-electron chi connectivity index (χ2n) is 8.34. The van der Waals surface area contributed by atoms with E-state index in [9.17, 15) is 13.2 Å².